The molecule has 1 saturated heterocycles. The van der Waals surface area contributed by atoms with E-state index < -0.39 is 5.82 Å². The number of aromatic nitrogens is 4. The number of rotatable bonds is 3. The van der Waals surface area contributed by atoms with Gasteiger partial charge in [-0.05, 0) is 32.0 Å². The van der Waals surface area contributed by atoms with Gasteiger partial charge < -0.3 is 5.32 Å². The molecule has 20 heavy (non-hydrogen) atoms. The van der Waals surface area contributed by atoms with Crippen molar-refractivity contribution in [1.82, 2.24) is 25.3 Å². The third-order valence-electron chi connectivity index (χ3n) is 3.39. The highest BCUT2D eigenvalue weighted by Crippen LogP contribution is 2.18. The Kier molecular flexibility index (Phi) is 3.51. The zero-order chi connectivity index (χ0) is 13.9. The molecule has 0 atom stereocenters. The third kappa shape index (κ3) is 2.57. The van der Waals surface area contributed by atoms with E-state index in [1.165, 1.54) is 6.20 Å². The van der Waals surface area contributed by atoms with E-state index in [0.29, 0.717) is 0 Å². The van der Waals surface area contributed by atoms with Crippen LogP contribution in [-0.2, 0) is 0 Å². The summed E-state index contributed by atoms with van der Waals surface area (Å²) in [6.45, 7) is 1.86. The van der Waals surface area contributed by atoms with Crippen LogP contribution in [0.2, 0.25) is 0 Å². The second-order valence-corrected chi connectivity index (χ2v) is 4.79. The molecule has 0 aromatic carbocycles. The van der Waals surface area contributed by atoms with Crippen molar-refractivity contribution >= 4 is 5.78 Å². The molecule has 0 spiro atoms. The zero-order valence-corrected chi connectivity index (χ0v) is 10.8. The van der Waals surface area contributed by atoms with E-state index in [1.54, 1.807) is 10.9 Å². The van der Waals surface area contributed by atoms with Gasteiger partial charge in [-0.3, -0.25) is 9.78 Å². The highest BCUT2D eigenvalue weighted by molar-refractivity contribution is 6.07. The molecular formula is C13H14FN5O. The van der Waals surface area contributed by atoms with Crippen LogP contribution in [0.15, 0.2) is 24.7 Å². The fourth-order valence-corrected chi connectivity index (χ4v) is 2.31. The Labute approximate surface area is 115 Å². The first-order chi connectivity index (χ1) is 9.74. The van der Waals surface area contributed by atoms with E-state index in [4.69, 9.17) is 0 Å². The number of hydrogen-bond acceptors (Lipinski definition) is 5. The minimum absolute atomic E-state index is 0.183. The van der Waals surface area contributed by atoms with Crippen LogP contribution in [0, 0.1) is 5.82 Å². The van der Waals surface area contributed by atoms with Crippen molar-refractivity contribution in [2.75, 3.05) is 13.1 Å². The summed E-state index contributed by atoms with van der Waals surface area (Å²) in [4.78, 5) is 15.8. The zero-order valence-electron chi connectivity index (χ0n) is 10.8. The minimum Gasteiger partial charge on any atom is -0.317 e. The number of carbonyl (C=O) groups excluding carboxylic acids is 1. The van der Waals surface area contributed by atoms with Gasteiger partial charge in [-0.2, -0.15) is 0 Å². The molecule has 0 amide bonds. The van der Waals surface area contributed by atoms with Gasteiger partial charge in [-0.1, -0.05) is 5.21 Å². The maximum atomic E-state index is 13.1. The van der Waals surface area contributed by atoms with Gasteiger partial charge in [0, 0.05) is 11.8 Å². The number of nitrogens with zero attached hydrogens (tertiary/aromatic N) is 4. The summed E-state index contributed by atoms with van der Waals surface area (Å²) < 4.78 is 14.8. The molecule has 104 valence electrons. The van der Waals surface area contributed by atoms with E-state index in [2.05, 4.69) is 20.6 Å². The molecule has 1 aliphatic rings. The molecule has 2 aromatic rings. The molecule has 3 rings (SSSR count). The van der Waals surface area contributed by atoms with Crippen molar-refractivity contribution in [2.24, 2.45) is 0 Å². The normalized spacial score (nSPS) is 16.2. The standard InChI is InChI=1S/C13H14FN5O/c14-10-5-9(6-16-7-10)13(20)12-8-19(18-17-12)11-1-3-15-4-2-11/h5-8,11,15H,1-4H2. The first-order valence-electron chi connectivity index (χ1n) is 6.52. The van der Waals surface area contributed by atoms with Crippen molar-refractivity contribution in [3.05, 3.63) is 41.7 Å². The molecule has 0 radical (unpaired) electrons. The minimum atomic E-state index is -0.540. The van der Waals surface area contributed by atoms with Gasteiger partial charge in [0.1, 0.15) is 5.82 Å². The predicted molar refractivity (Wildman–Crippen MR) is 68.8 cm³/mol. The van der Waals surface area contributed by atoms with Crippen LogP contribution < -0.4 is 5.32 Å². The Hall–Kier alpha value is -2.15. The molecule has 6 nitrogen and oxygen atoms in total. The molecule has 1 aliphatic heterocycles. The second kappa shape index (κ2) is 5.46. The Balaban J connectivity index is 1.80. The largest absolute Gasteiger partial charge is 0.317 e. The van der Waals surface area contributed by atoms with Crippen LogP contribution in [0.4, 0.5) is 4.39 Å². The lowest BCUT2D eigenvalue weighted by Crippen LogP contribution is -2.29. The molecule has 0 saturated carbocycles. The van der Waals surface area contributed by atoms with Crippen LogP contribution in [0.1, 0.15) is 34.9 Å². The fraction of sp³-hybridized carbons (Fsp3) is 0.385. The first-order valence-corrected chi connectivity index (χ1v) is 6.52. The third-order valence-corrected chi connectivity index (χ3v) is 3.39. The van der Waals surface area contributed by atoms with Gasteiger partial charge in [0.15, 0.2) is 5.69 Å². The van der Waals surface area contributed by atoms with Crippen LogP contribution in [0.3, 0.4) is 0 Å². The summed E-state index contributed by atoms with van der Waals surface area (Å²) >= 11 is 0. The number of nitrogens with one attached hydrogen (secondary N) is 1. The summed E-state index contributed by atoms with van der Waals surface area (Å²) in [5.74, 6) is -0.904. The van der Waals surface area contributed by atoms with E-state index >= 15 is 0 Å². The van der Waals surface area contributed by atoms with Gasteiger partial charge in [0.25, 0.3) is 0 Å². The molecule has 3 heterocycles. The van der Waals surface area contributed by atoms with Gasteiger partial charge in [-0.25, -0.2) is 9.07 Å². The van der Waals surface area contributed by atoms with E-state index in [9.17, 15) is 9.18 Å². The fourth-order valence-electron chi connectivity index (χ4n) is 2.31. The quantitative estimate of drug-likeness (QED) is 0.845. The number of piperidine rings is 1. The number of carbonyl (C=O) groups is 1. The summed E-state index contributed by atoms with van der Waals surface area (Å²) in [5.41, 5.74) is 0.401. The van der Waals surface area contributed by atoms with Crippen LogP contribution in [0.25, 0.3) is 0 Å². The SMILES string of the molecule is O=C(c1cncc(F)c1)c1cn(C2CCNCC2)nn1. The topological polar surface area (TPSA) is 72.7 Å². The number of hydrogen-bond donors (Lipinski definition) is 1. The molecule has 1 fully saturated rings. The predicted octanol–water partition coefficient (Wildman–Crippen LogP) is 0.968. The van der Waals surface area contributed by atoms with E-state index in [1.807, 2.05) is 0 Å². The highest BCUT2D eigenvalue weighted by Gasteiger charge is 2.19. The van der Waals surface area contributed by atoms with Crippen molar-refractivity contribution in [2.45, 2.75) is 18.9 Å². The van der Waals surface area contributed by atoms with Gasteiger partial charge in [0.05, 0.1) is 18.4 Å². The molecule has 2 aromatic heterocycles. The molecule has 0 aliphatic carbocycles. The average Bonchev–Trinajstić information content (AvgIpc) is 2.97. The second-order valence-electron chi connectivity index (χ2n) is 4.79. The Bertz CT molecular complexity index is 621. The van der Waals surface area contributed by atoms with Gasteiger partial charge in [0.2, 0.25) is 5.78 Å². The first kappa shape index (κ1) is 12.9. The van der Waals surface area contributed by atoms with Crippen molar-refractivity contribution in [3.8, 4) is 0 Å². The lowest BCUT2D eigenvalue weighted by Gasteiger charge is -2.22. The van der Waals surface area contributed by atoms with Crippen LogP contribution >= 0.6 is 0 Å². The molecule has 0 bridgehead atoms. The molecular weight excluding hydrogens is 261 g/mol. The average molecular weight is 275 g/mol. The number of pyridine rings is 1. The lowest BCUT2D eigenvalue weighted by molar-refractivity contribution is 0.103. The summed E-state index contributed by atoms with van der Waals surface area (Å²) in [7, 11) is 0. The smallest absolute Gasteiger partial charge is 0.216 e. The highest BCUT2D eigenvalue weighted by atomic mass is 19.1. The maximum absolute atomic E-state index is 13.1. The lowest BCUT2D eigenvalue weighted by atomic mass is 10.1. The number of halogens is 1. The maximum Gasteiger partial charge on any atom is 0.216 e. The van der Waals surface area contributed by atoms with Crippen LogP contribution in [-0.4, -0.2) is 38.9 Å². The summed E-state index contributed by atoms with van der Waals surface area (Å²) in [5, 5.41) is 11.2. The molecule has 7 heteroatoms. The van der Waals surface area contributed by atoms with E-state index in [0.717, 1.165) is 38.2 Å². The van der Waals surface area contributed by atoms with Gasteiger partial charge in [-0.15, -0.1) is 5.10 Å². The summed E-state index contributed by atoms with van der Waals surface area (Å²) in [6.07, 6.45) is 5.93. The molecule has 0 unspecified atom stereocenters. The van der Waals surface area contributed by atoms with Crippen molar-refractivity contribution in [3.63, 3.8) is 0 Å². The Morgan fingerprint density at radius 3 is 2.90 bits per heavy atom. The Morgan fingerprint density at radius 1 is 1.35 bits per heavy atom. The monoisotopic (exact) mass is 275 g/mol. The van der Waals surface area contributed by atoms with Crippen molar-refractivity contribution in [1.29, 1.82) is 0 Å². The number of ketones is 1. The van der Waals surface area contributed by atoms with Gasteiger partial charge >= 0.3 is 0 Å². The van der Waals surface area contributed by atoms with E-state index in [-0.39, 0.29) is 23.1 Å². The Morgan fingerprint density at radius 2 is 2.15 bits per heavy atom. The molecule has 1 N–H and O–H groups in total. The van der Waals surface area contributed by atoms with Crippen LogP contribution in [0.5, 0.6) is 0 Å². The summed E-state index contributed by atoms with van der Waals surface area (Å²) in [6, 6.07) is 1.41. The van der Waals surface area contributed by atoms with Crippen molar-refractivity contribution < 1.29 is 9.18 Å².